The second-order valence-electron chi connectivity index (χ2n) is 4.85. The lowest BCUT2D eigenvalue weighted by molar-refractivity contribution is 0.630. The van der Waals surface area contributed by atoms with Gasteiger partial charge in [-0.2, -0.15) is 0 Å². The summed E-state index contributed by atoms with van der Waals surface area (Å²) in [4.78, 5) is 0. The van der Waals surface area contributed by atoms with Crippen LogP contribution in [0.3, 0.4) is 0 Å². The third-order valence-corrected chi connectivity index (χ3v) is 3.25. The number of hydrogen-bond acceptors (Lipinski definition) is 2. The number of para-hydroxylation sites is 1. The highest BCUT2D eigenvalue weighted by atomic mass is 19.1. The fourth-order valence-corrected chi connectivity index (χ4v) is 2.10. The van der Waals surface area contributed by atoms with Crippen molar-refractivity contribution in [1.82, 2.24) is 0 Å². The smallest absolute Gasteiger partial charge is 0.148 e. The fraction of sp³-hybridized carbons (Fsp3) is 0. The molecule has 3 rings (SSSR count). The molecule has 0 saturated carbocycles. The summed E-state index contributed by atoms with van der Waals surface area (Å²) in [6.07, 6.45) is 0. The molecule has 5 heteroatoms. The lowest BCUT2D eigenvalue weighted by atomic mass is 10.1. The van der Waals surface area contributed by atoms with Gasteiger partial charge in [-0.1, -0.05) is 65.0 Å². The number of nitrogens with one attached hydrogen (secondary N) is 2. The molecule has 0 spiro atoms. The van der Waals surface area contributed by atoms with Gasteiger partial charge in [0.1, 0.15) is 5.82 Å². The van der Waals surface area contributed by atoms with E-state index >= 15 is 0 Å². The minimum atomic E-state index is -0.386. The third kappa shape index (κ3) is 3.91. The maximum Gasteiger partial charge on any atom is 0.148 e. The van der Waals surface area contributed by atoms with Crippen molar-refractivity contribution in [3.05, 3.63) is 84.7 Å². The summed E-state index contributed by atoms with van der Waals surface area (Å²) in [5.74, 6) is -0.386. The van der Waals surface area contributed by atoms with E-state index in [1.165, 1.54) is 6.07 Å². The van der Waals surface area contributed by atoms with Gasteiger partial charge < -0.3 is 0 Å². The Bertz CT molecular complexity index is 789. The Kier molecular flexibility index (Phi) is 4.59. The summed E-state index contributed by atoms with van der Waals surface area (Å²) in [6.45, 7) is 0. The minimum Gasteiger partial charge on any atom is -0.258 e. The molecule has 23 heavy (non-hydrogen) atoms. The van der Waals surface area contributed by atoms with E-state index in [1.54, 1.807) is 12.1 Å². The Morgan fingerprint density at radius 1 is 0.652 bits per heavy atom. The summed E-state index contributed by atoms with van der Waals surface area (Å²) in [7, 11) is 0. The highest BCUT2D eigenvalue weighted by Crippen LogP contribution is 2.24. The molecule has 0 aliphatic heterocycles. The molecular formula is C18H15FN4. The predicted molar refractivity (Wildman–Crippen MR) is 90.4 cm³/mol. The van der Waals surface area contributed by atoms with Gasteiger partial charge in [-0.25, -0.2) is 4.39 Å². The van der Waals surface area contributed by atoms with Crippen molar-refractivity contribution in [2.24, 2.45) is 10.4 Å². The molecule has 0 unspecified atom stereocenters. The van der Waals surface area contributed by atoms with Gasteiger partial charge in [0.05, 0.1) is 11.4 Å². The molecule has 0 bridgehead atoms. The molecule has 0 fully saturated rings. The van der Waals surface area contributed by atoms with Gasteiger partial charge in [0.15, 0.2) is 0 Å². The molecule has 114 valence electrons. The monoisotopic (exact) mass is 306 g/mol. The summed E-state index contributed by atoms with van der Waals surface area (Å²) in [5, 5.41) is 7.53. The van der Waals surface area contributed by atoms with Crippen LogP contribution in [0.1, 0.15) is 0 Å². The zero-order chi connectivity index (χ0) is 15.9. The molecule has 0 saturated heterocycles. The normalized spacial score (nSPS) is 10.7. The topological polar surface area (TPSA) is 48.8 Å². The van der Waals surface area contributed by atoms with Crippen LogP contribution in [0.5, 0.6) is 0 Å². The van der Waals surface area contributed by atoms with Crippen molar-refractivity contribution >= 4 is 11.4 Å². The maximum atomic E-state index is 13.9. The first kappa shape index (κ1) is 14.7. The molecule has 3 aromatic carbocycles. The van der Waals surface area contributed by atoms with Gasteiger partial charge in [-0.15, -0.1) is 0 Å². The lowest BCUT2D eigenvalue weighted by Crippen LogP contribution is -1.94. The van der Waals surface area contributed by atoms with E-state index in [0.717, 1.165) is 16.8 Å². The van der Waals surface area contributed by atoms with E-state index in [4.69, 9.17) is 0 Å². The zero-order valence-electron chi connectivity index (χ0n) is 12.3. The highest BCUT2D eigenvalue weighted by molar-refractivity contribution is 5.68. The van der Waals surface area contributed by atoms with Crippen LogP contribution in [0.4, 0.5) is 15.8 Å². The van der Waals surface area contributed by atoms with E-state index in [0.29, 0.717) is 0 Å². The fourth-order valence-electron chi connectivity index (χ4n) is 2.10. The van der Waals surface area contributed by atoms with Crippen LogP contribution in [-0.2, 0) is 0 Å². The summed E-state index contributed by atoms with van der Waals surface area (Å²) in [5.41, 5.74) is 8.35. The molecule has 0 amide bonds. The molecule has 0 aliphatic rings. The van der Waals surface area contributed by atoms with Gasteiger partial charge in [0.25, 0.3) is 0 Å². The Labute approximate surface area is 133 Å². The van der Waals surface area contributed by atoms with E-state index in [-0.39, 0.29) is 11.5 Å². The van der Waals surface area contributed by atoms with Crippen LogP contribution in [0, 0.1) is 5.82 Å². The van der Waals surface area contributed by atoms with Crippen LogP contribution in [0.2, 0.25) is 0 Å². The quantitative estimate of drug-likeness (QED) is 0.496. The molecule has 2 N–H and O–H groups in total. The van der Waals surface area contributed by atoms with E-state index < -0.39 is 0 Å². The standard InChI is InChI=1S/C18H15FN4/c19-17-12-11-15(14-7-3-1-4-8-14)13-18(17)21-23-22-20-16-9-5-2-6-10-16/h1-13H,(H,20,23)(H,21,22). The number of benzene rings is 3. The van der Waals surface area contributed by atoms with Gasteiger partial charge in [0, 0.05) is 0 Å². The largest absolute Gasteiger partial charge is 0.258 e. The Hall–Kier alpha value is -3.21. The molecule has 0 heterocycles. The number of halogens is 1. The molecule has 0 atom stereocenters. The summed E-state index contributed by atoms with van der Waals surface area (Å²) in [6, 6.07) is 24.0. The highest BCUT2D eigenvalue weighted by Gasteiger charge is 2.04. The Morgan fingerprint density at radius 3 is 2.04 bits per heavy atom. The van der Waals surface area contributed by atoms with Crippen molar-refractivity contribution < 1.29 is 4.39 Å². The molecule has 0 radical (unpaired) electrons. The molecule has 3 aromatic rings. The second-order valence-corrected chi connectivity index (χ2v) is 4.85. The SMILES string of the molecule is Fc1ccc(-c2ccccc2)cc1NN=NNc1ccccc1. The summed E-state index contributed by atoms with van der Waals surface area (Å²) < 4.78 is 13.9. The third-order valence-electron chi connectivity index (χ3n) is 3.25. The van der Waals surface area contributed by atoms with Gasteiger partial charge in [0.2, 0.25) is 0 Å². The number of anilines is 2. The molecule has 4 nitrogen and oxygen atoms in total. The maximum absolute atomic E-state index is 13.9. The van der Waals surface area contributed by atoms with Crippen molar-refractivity contribution in [1.29, 1.82) is 0 Å². The first-order valence-corrected chi connectivity index (χ1v) is 7.15. The summed E-state index contributed by atoms with van der Waals surface area (Å²) >= 11 is 0. The average Bonchev–Trinajstić information content (AvgIpc) is 2.62. The van der Waals surface area contributed by atoms with Crippen molar-refractivity contribution in [2.75, 3.05) is 10.9 Å². The second kappa shape index (κ2) is 7.17. The number of hydrogen-bond donors (Lipinski definition) is 2. The van der Waals surface area contributed by atoms with Crippen LogP contribution >= 0.6 is 0 Å². The van der Waals surface area contributed by atoms with E-state index in [1.807, 2.05) is 60.7 Å². The van der Waals surface area contributed by atoms with Crippen molar-refractivity contribution in [3.8, 4) is 11.1 Å². The number of rotatable bonds is 5. The number of nitrogens with zero attached hydrogens (tertiary/aromatic N) is 2. The zero-order valence-corrected chi connectivity index (χ0v) is 12.3. The Balaban J connectivity index is 1.70. The molecular weight excluding hydrogens is 291 g/mol. The molecule has 0 aliphatic carbocycles. The van der Waals surface area contributed by atoms with Crippen LogP contribution in [0.15, 0.2) is 89.3 Å². The molecule has 0 aromatic heterocycles. The first-order valence-electron chi connectivity index (χ1n) is 7.15. The van der Waals surface area contributed by atoms with E-state index in [2.05, 4.69) is 21.3 Å². The van der Waals surface area contributed by atoms with E-state index in [9.17, 15) is 4.39 Å². The van der Waals surface area contributed by atoms with Crippen molar-refractivity contribution in [3.63, 3.8) is 0 Å². The average molecular weight is 306 g/mol. The van der Waals surface area contributed by atoms with Crippen LogP contribution in [0.25, 0.3) is 11.1 Å². The minimum absolute atomic E-state index is 0.268. The van der Waals surface area contributed by atoms with Crippen molar-refractivity contribution in [2.45, 2.75) is 0 Å². The van der Waals surface area contributed by atoms with Gasteiger partial charge in [-0.05, 0) is 35.4 Å². The van der Waals surface area contributed by atoms with Crippen LogP contribution < -0.4 is 10.9 Å². The first-order chi connectivity index (χ1) is 11.3. The van der Waals surface area contributed by atoms with Gasteiger partial charge in [-0.3, -0.25) is 10.9 Å². The Morgan fingerprint density at radius 2 is 1.30 bits per heavy atom. The van der Waals surface area contributed by atoms with Crippen LogP contribution in [-0.4, -0.2) is 0 Å². The lowest BCUT2D eigenvalue weighted by Gasteiger charge is -2.06. The predicted octanol–water partition coefficient (Wildman–Crippen LogP) is 5.30. The van der Waals surface area contributed by atoms with Gasteiger partial charge >= 0.3 is 0 Å².